The van der Waals surface area contributed by atoms with E-state index in [0.717, 1.165) is 0 Å². The van der Waals surface area contributed by atoms with Crippen molar-refractivity contribution in [1.82, 2.24) is 0 Å². The highest BCUT2D eigenvalue weighted by Crippen LogP contribution is 2.55. The number of nitrogens with zero attached hydrogens (tertiary/aromatic N) is 1. The lowest BCUT2D eigenvalue weighted by atomic mass is 9.76. The van der Waals surface area contributed by atoms with Crippen LogP contribution in [0.25, 0.3) is 0 Å². The minimum Gasteiger partial charge on any atom is -0.497 e. The molecule has 0 spiro atoms. The lowest BCUT2D eigenvalue weighted by Crippen LogP contribution is -2.49. The summed E-state index contributed by atoms with van der Waals surface area (Å²) in [4.78, 5) is 27.4. The molecule has 2 amide bonds. The van der Waals surface area contributed by atoms with Crippen molar-refractivity contribution in [1.29, 1.82) is 0 Å². The fraction of sp³-hybridized carbons (Fsp3) is 0.444. The maximum absolute atomic E-state index is 13.2. The van der Waals surface area contributed by atoms with Crippen LogP contribution in [0, 0.1) is 11.8 Å². The summed E-state index contributed by atoms with van der Waals surface area (Å²) in [5.74, 6) is -1.13. The van der Waals surface area contributed by atoms with E-state index in [1.807, 2.05) is 12.2 Å². The van der Waals surface area contributed by atoms with Crippen molar-refractivity contribution in [3.63, 3.8) is 0 Å². The monoisotopic (exact) mass is 343 g/mol. The normalized spacial score (nSPS) is 36.5. The molecule has 4 aliphatic rings. The summed E-state index contributed by atoms with van der Waals surface area (Å²) in [5, 5.41) is 0. The second-order valence-electron chi connectivity index (χ2n) is 6.59. The van der Waals surface area contributed by atoms with E-state index in [2.05, 4.69) is 0 Å². The zero-order valence-corrected chi connectivity index (χ0v) is 13.6. The van der Waals surface area contributed by atoms with Crippen LogP contribution in [0.2, 0.25) is 0 Å². The quantitative estimate of drug-likeness (QED) is 0.599. The number of amides is 2. The predicted molar refractivity (Wildman–Crippen MR) is 84.9 cm³/mol. The highest BCUT2D eigenvalue weighted by atomic mass is 16.7. The van der Waals surface area contributed by atoms with E-state index < -0.39 is 29.8 Å². The van der Waals surface area contributed by atoms with Crippen LogP contribution >= 0.6 is 0 Å². The molecule has 0 unspecified atom stereocenters. The SMILES string of the molecule is COc1cccc(N2C(=O)[C@H]3[C@H]4C=C[C@@](C5OCCO5)(O4)[C@H]3C2=O)c1. The summed E-state index contributed by atoms with van der Waals surface area (Å²) >= 11 is 0. The Morgan fingerprint density at radius 1 is 1.20 bits per heavy atom. The van der Waals surface area contributed by atoms with Crippen molar-refractivity contribution in [2.75, 3.05) is 25.2 Å². The Bertz CT molecular complexity index is 786. The molecule has 0 aliphatic carbocycles. The van der Waals surface area contributed by atoms with Crippen LogP contribution < -0.4 is 9.64 Å². The van der Waals surface area contributed by atoms with Gasteiger partial charge in [0, 0.05) is 6.07 Å². The molecular formula is C18H17NO6. The summed E-state index contributed by atoms with van der Waals surface area (Å²) in [5.41, 5.74) is -0.516. The molecule has 7 heteroatoms. The van der Waals surface area contributed by atoms with Crippen LogP contribution in [-0.4, -0.2) is 50.1 Å². The Morgan fingerprint density at radius 3 is 2.76 bits per heavy atom. The molecule has 3 fully saturated rings. The van der Waals surface area contributed by atoms with Gasteiger partial charge in [-0.2, -0.15) is 0 Å². The number of fused-ring (bicyclic) bond motifs is 5. The molecule has 5 rings (SSSR count). The maximum Gasteiger partial charge on any atom is 0.241 e. The lowest BCUT2D eigenvalue weighted by Gasteiger charge is -2.32. The fourth-order valence-electron chi connectivity index (χ4n) is 4.33. The fourth-order valence-corrected chi connectivity index (χ4v) is 4.33. The van der Waals surface area contributed by atoms with E-state index in [9.17, 15) is 9.59 Å². The van der Waals surface area contributed by atoms with Crippen molar-refractivity contribution < 1.29 is 28.5 Å². The van der Waals surface area contributed by atoms with Gasteiger partial charge in [-0.1, -0.05) is 12.1 Å². The maximum atomic E-state index is 13.2. The van der Waals surface area contributed by atoms with Gasteiger partial charge in [-0.3, -0.25) is 9.59 Å². The molecule has 2 bridgehead atoms. The molecule has 4 aliphatic heterocycles. The Morgan fingerprint density at radius 2 is 2.00 bits per heavy atom. The van der Waals surface area contributed by atoms with E-state index in [0.29, 0.717) is 24.7 Å². The zero-order valence-electron chi connectivity index (χ0n) is 13.6. The Balaban J connectivity index is 1.55. The smallest absolute Gasteiger partial charge is 0.241 e. The first-order chi connectivity index (χ1) is 12.2. The average molecular weight is 343 g/mol. The van der Waals surface area contributed by atoms with Crippen molar-refractivity contribution in [3.8, 4) is 5.75 Å². The van der Waals surface area contributed by atoms with E-state index in [-0.39, 0.29) is 11.8 Å². The van der Waals surface area contributed by atoms with Gasteiger partial charge in [0.05, 0.1) is 44.0 Å². The summed E-state index contributed by atoms with van der Waals surface area (Å²) in [6, 6.07) is 6.93. The van der Waals surface area contributed by atoms with Crippen molar-refractivity contribution in [3.05, 3.63) is 36.4 Å². The molecule has 0 radical (unpaired) electrons. The summed E-state index contributed by atoms with van der Waals surface area (Å²) in [7, 11) is 1.54. The molecule has 0 saturated carbocycles. The number of methoxy groups -OCH3 is 1. The van der Waals surface area contributed by atoms with Crippen molar-refractivity contribution >= 4 is 17.5 Å². The van der Waals surface area contributed by atoms with E-state index >= 15 is 0 Å². The molecule has 4 atom stereocenters. The highest BCUT2D eigenvalue weighted by Gasteiger charge is 2.71. The number of carbonyl (C=O) groups is 2. The van der Waals surface area contributed by atoms with Crippen LogP contribution in [0.5, 0.6) is 5.75 Å². The summed E-state index contributed by atoms with van der Waals surface area (Å²) < 4.78 is 22.5. The largest absolute Gasteiger partial charge is 0.497 e. The van der Waals surface area contributed by atoms with Gasteiger partial charge in [-0.25, -0.2) is 4.90 Å². The molecule has 7 nitrogen and oxygen atoms in total. The molecule has 0 N–H and O–H groups in total. The third-order valence-corrected chi connectivity index (χ3v) is 5.38. The van der Waals surface area contributed by atoms with Gasteiger partial charge in [-0.15, -0.1) is 0 Å². The van der Waals surface area contributed by atoms with Crippen molar-refractivity contribution in [2.45, 2.75) is 18.0 Å². The zero-order chi connectivity index (χ0) is 17.2. The highest BCUT2D eigenvalue weighted by molar-refractivity contribution is 6.23. The van der Waals surface area contributed by atoms with Gasteiger partial charge >= 0.3 is 0 Å². The molecule has 0 aromatic heterocycles. The number of hydrogen-bond donors (Lipinski definition) is 0. The third kappa shape index (κ3) is 1.85. The number of ether oxygens (including phenoxy) is 4. The van der Waals surface area contributed by atoms with E-state index in [1.165, 1.54) is 4.90 Å². The summed E-state index contributed by atoms with van der Waals surface area (Å²) in [6.45, 7) is 0.904. The minimum atomic E-state index is -1.02. The van der Waals surface area contributed by atoms with E-state index in [1.54, 1.807) is 31.4 Å². The first-order valence-electron chi connectivity index (χ1n) is 8.28. The first kappa shape index (κ1) is 15.1. The molecule has 3 saturated heterocycles. The lowest BCUT2D eigenvalue weighted by molar-refractivity contribution is -0.180. The Hall–Kier alpha value is -2.22. The number of rotatable bonds is 3. The Kier molecular flexibility index (Phi) is 3.10. The first-order valence-corrected chi connectivity index (χ1v) is 8.28. The molecule has 25 heavy (non-hydrogen) atoms. The van der Waals surface area contributed by atoms with Gasteiger partial charge in [0.25, 0.3) is 0 Å². The van der Waals surface area contributed by atoms with Crippen LogP contribution in [0.4, 0.5) is 5.69 Å². The Labute approximate surface area is 144 Å². The average Bonchev–Trinajstić information content (AvgIpc) is 3.38. The molecular weight excluding hydrogens is 326 g/mol. The number of anilines is 1. The van der Waals surface area contributed by atoms with Crippen LogP contribution in [-0.2, 0) is 23.8 Å². The van der Waals surface area contributed by atoms with Crippen molar-refractivity contribution in [2.24, 2.45) is 11.8 Å². The van der Waals surface area contributed by atoms with E-state index in [4.69, 9.17) is 18.9 Å². The van der Waals surface area contributed by atoms with Gasteiger partial charge in [-0.05, 0) is 18.2 Å². The third-order valence-electron chi connectivity index (χ3n) is 5.38. The molecule has 4 heterocycles. The number of hydrogen-bond acceptors (Lipinski definition) is 6. The second-order valence-corrected chi connectivity index (χ2v) is 6.59. The number of imide groups is 1. The van der Waals surface area contributed by atoms with Gasteiger partial charge in [0.1, 0.15) is 5.75 Å². The van der Waals surface area contributed by atoms with Crippen LogP contribution in [0.3, 0.4) is 0 Å². The molecule has 1 aromatic carbocycles. The van der Waals surface area contributed by atoms with Gasteiger partial charge < -0.3 is 18.9 Å². The standard InChI is InChI=1S/C18H17NO6/c1-22-11-4-2-3-10(9-11)19-15(20)13-12-5-6-18(25-12,14(13)16(19)21)17-23-7-8-24-17/h2-6,9,12-14,17H,7-8H2,1H3/t12-,13+,14-,18-/m1/s1. The molecule has 130 valence electrons. The van der Waals surface area contributed by atoms with Gasteiger partial charge in [0.2, 0.25) is 11.8 Å². The predicted octanol–water partition coefficient (Wildman–Crippen LogP) is 0.881. The second kappa shape index (κ2) is 5.14. The topological polar surface area (TPSA) is 74.3 Å². The van der Waals surface area contributed by atoms with Crippen LogP contribution in [0.15, 0.2) is 36.4 Å². The number of benzene rings is 1. The number of carbonyl (C=O) groups excluding carboxylic acids is 2. The minimum absolute atomic E-state index is 0.252. The summed E-state index contributed by atoms with van der Waals surface area (Å²) in [6.07, 6.45) is 2.58. The van der Waals surface area contributed by atoms with Gasteiger partial charge in [0.15, 0.2) is 11.9 Å². The van der Waals surface area contributed by atoms with Crippen LogP contribution in [0.1, 0.15) is 0 Å². The molecule has 1 aromatic rings.